The smallest absolute Gasteiger partial charge is 0.240 e. The minimum absolute atomic E-state index is 0.0182. The second-order valence-corrected chi connectivity index (χ2v) is 4.28. The molecule has 1 fully saturated rings. The molecule has 0 radical (unpaired) electrons. The van der Waals surface area contributed by atoms with E-state index in [0.29, 0.717) is 25.8 Å². The largest absolute Gasteiger partial charge is 0.354 e. The molecular weight excluding hydrogens is 194 g/mol. The summed E-state index contributed by atoms with van der Waals surface area (Å²) >= 11 is 0. The Labute approximate surface area is 89.8 Å². The fraction of sp³-hybridized carbons (Fsp3) is 0.800. The first kappa shape index (κ1) is 12.0. The summed E-state index contributed by atoms with van der Waals surface area (Å²) in [6, 6.07) is 0.0182. The zero-order valence-corrected chi connectivity index (χ0v) is 9.30. The van der Waals surface area contributed by atoms with Gasteiger partial charge in [-0.25, -0.2) is 0 Å². The molecular formula is C10H19N3O2. The maximum Gasteiger partial charge on any atom is 0.240 e. The predicted octanol–water partition coefficient (Wildman–Crippen LogP) is -0.491. The van der Waals surface area contributed by atoms with Crippen molar-refractivity contribution in [3.63, 3.8) is 0 Å². The fourth-order valence-electron chi connectivity index (χ4n) is 1.37. The molecule has 1 aliphatic heterocycles. The lowest BCUT2D eigenvalue weighted by Gasteiger charge is -2.28. The van der Waals surface area contributed by atoms with E-state index in [-0.39, 0.29) is 17.9 Å². The predicted molar refractivity (Wildman–Crippen MR) is 57.1 cm³/mol. The van der Waals surface area contributed by atoms with Crippen LogP contribution in [0.25, 0.3) is 0 Å². The van der Waals surface area contributed by atoms with Crippen LogP contribution in [0.15, 0.2) is 0 Å². The molecule has 1 aliphatic rings. The van der Waals surface area contributed by atoms with E-state index in [9.17, 15) is 9.59 Å². The highest BCUT2D eigenvalue weighted by molar-refractivity contribution is 5.86. The Hall–Kier alpha value is -1.10. The first-order valence-corrected chi connectivity index (χ1v) is 5.32. The molecule has 2 unspecified atom stereocenters. The zero-order chi connectivity index (χ0) is 11.5. The average molecular weight is 213 g/mol. The molecule has 5 nitrogen and oxygen atoms in total. The fourth-order valence-corrected chi connectivity index (χ4v) is 1.37. The highest BCUT2D eigenvalue weighted by atomic mass is 16.2. The maximum absolute atomic E-state index is 11.7. The second kappa shape index (κ2) is 4.61. The summed E-state index contributed by atoms with van der Waals surface area (Å²) in [6.07, 6.45) is 1.76. The lowest BCUT2D eigenvalue weighted by Crippen LogP contribution is -2.57. The van der Waals surface area contributed by atoms with Crippen LogP contribution in [-0.4, -0.2) is 29.9 Å². The quantitative estimate of drug-likeness (QED) is 0.591. The highest BCUT2D eigenvalue weighted by Crippen LogP contribution is 2.08. The molecule has 0 aromatic carbocycles. The Balaban J connectivity index is 2.42. The van der Waals surface area contributed by atoms with Crippen LogP contribution in [0, 0.1) is 0 Å². The third-order valence-electron chi connectivity index (χ3n) is 2.85. The zero-order valence-electron chi connectivity index (χ0n) is 9.30. The van der Waals surface area contributed by atoms with E-state index < -0.39 is 5.54 Å². The van der Waals surface area contributed by atoms with Gasteiger partial charge in [0.1, 0.15) is 0 Å². The maximum atomic E-state index is 11.7. The van der Waals surface area contributed by atoms with Gasteiger partial charge in [-0.1, -0.05) is 6.92 Å². The van der Waals surface area contributed by atoms with Gasteiger partial charge in [-0.05, 0) is 19.8 Å². The topological polar surface area (TPSA) is 84.2 Å². The van der Waals surface area contributed by atoms with E-state index in [1.54, 1.807) is 6.92 Å². The van der Waals surface area contributed by atoms with Gasteiger partial charge in [0.05, 0.1) is 5.54 Å². The summed E-state index contributed by atoms with van der Waals surface area (Å²) in [5.41, 5.74) is 4.99. The average Bonchev–Trinajstić information content (AvgIpc) is 2.21. The number of nitrogens with two attached hydrogens (primary N) is 1. The number of hydrogen-bond donors (Lipinski definition) is 3. The standard InChI is InChI=1S/C10H19N3O2/c1-3-10(2,11)9(15)13-7-4-5-8(14)12-6-7/h7H,3-6,11H2,1-2H3,(H,12,14)(H,13,15). The molecule has 0 aromatic heterocycles. The van der Waals surface area contributed by atoms with Crippen molar-refractivity contribution in [3.05, 3.63) is 0 Å². The molecule has 0 aromatic rings. The Morgan fingerprint density at radius 1 is 1.73 bits per heavy atom. The molecule has 0 spiro atoms. The van der Waals surface area contributed by atoms with Gasteiger partial charge in [-0.3, -0.25) is 9.59 Å². The number of amides is 2. The second-order valence-electron chi connectivity index (χ2n) is 4.28. The van der Waals surface area contributed by atoms with Crippen LogP contribution in [0.3, 0.4) is 0 Å². The Morgan fingerprint density at radius 2 is 2.40 bits per heavy atom. The van der Waals surface area contributed by atoms with Gasteiger partial charge in [-0.2, -0.15) is 0 Å². The van der Waals surface area contributed by atoms with E-state index in [0.717, 1.165) is 0 Å². The molecule has 0 bridgehead atoms. The van der Waals surface area contributed by atoms with Crippen molar-refractivity contribution >= 4 is 11.8 Å². The molecule has 1 rings (SSSR count). The molecule has 15 heavy (non-hydrogen) atoms. The first-order chi connectivity index (χ1) is 6.95. The molecule has 4 N–H and O–H groups in total. The number of piperidine rings is 1. The SMILES string of the molecule is CCC(C)(N)C(=O)NC1CCC(=O)NC1. The van der Waals surface area contributed by atoms with Crippen molar-refractivity contribution in [2.45, 2.75) is 44.7 Å². The van der Waals surface area contributed by atoms with E-state index in [1.807, 2.05) is 6.92 Å². The lowest BCUT2D eigenvalue weighted by atomic mass is 9.98. The number of rotatable bonds is 3. The molecule has 5 heteroatoms. The number of carbonyl (C=O) groups excluding carboxylic acids is 2. The van der Waals surface area contributed by atoms with Crippen LogP contribution in [0.1, 0.15) is 33.1 Å². The Morgan fingerprint density at radius 3 is 2.87 bits per heavy atom. The van der Waals surface area contributed by atoms with Gasteiger partial charge in [0.25, 0.3) is 0 Å². The van der Waals surface area contributed by atoms with Crippen molar-refractivity contribution in [3.8, 4) is 0 Å². The number of hydrogen-bond acceptors (Lipinski definition) is 3. The van der Waals surface area contributed by atoms with Crippen LogP contribution < -0.4 is 16.4 Å². The van der Waals surface area contributed by atoms with Gasteiger partial charge in [-0.15, -0.1) is 0 Å². The minimum atomic E-state index is -0.818. The summed E-state index contributed by atoms with van der Waals surface area (Å²) in [5, 5.41) is 5.56. The minimum Gasteiger partial charge on any atom is -0.354 e. The molecule has 1 saturated heterocycles. The molecule has 2 atom stereocenters. The van der Waals surface area contributed by atoms with Crippen molar-refractivity contribution < 1.29 is 9.59 Å². The van der Waals surface area contributed by atoms with E-state index in [1.165, 1.54) is 0 Å². The molecule has 1 heterocycles. The van der Waals surface area contributed by atoms with E-state index in [4.69, 9.17) is 5.73 Å². The van der Waals surface area contributed by atoms with Gasteiger partial charge in [0.2, 0.25) is 11.8 Å². The monoisotopic (exact) mass is 213 g/mol. The van der Waals surface area contributed by atoms with Crippen molar-refractivity contribution in [2.24, 2.45) is 5.73 Å². The summed E-state index contributed by atoms with van der Waals surface area (Å²) in [5.74, 6) is -0.0994. The third kappa shape index (κ3) is 3.20. The number of carbonyl (C=O) groups is 2. The molecule has 0 aliphatic carbocycles. The van der Waals surface area contributed by atoms with Crippen molar-refractivity contribution in [1.82, 2.24) is 10.6 Å². The van der Waals surface area contributed by atoms with Crippen LogP contribution in [0.4, 0.5) is 0 Å². The Bertz CT molecular complexity index is 253. The highest BCUT2D eigenvalue weighted by Gasteiger charge is 2.29. The normalized spacial score (nSPS) is 25.3. The summed E-state index contributed by atoms with van der Waals surface area (Å²) in [6.45, 7) is 4.09. The first-order valence-electron chi connectivity index (χ1n) is 5.32. The summed E-state index contributed by atoms with van der Waals surface area (Å²) < 4.78 is 0. The van der Waals surface area contributed by atoms with Gasteiger partial charge < -0.3 is 16.4 Å². The Kier molecular flexibility index (Phi) is 3.68. The van der Waals surface area contributed by atoms with Crippen LogP contribution in [0.2, 0.25) is 0 Å². The van der Waals surface area contributed by atoms with Crippen LogP contribution in [0.5, 0.6) is 0 Å². The van der Waals surface area contributed by atoms with Gasteiger partial charge >= 0.3 is 0 Å². The van der Waals surface area contributed by atoms with Gasteiger partial charge in [0.15, 0.2) is 0 Å². The summed E-state index contributed by atoms with van der Waals surface area (Å²) in [7, 11) is 0. The summed E-state index contributed by atoms with van der Waals surface area (Å²) in [4.78, 5) is 22.6. The lowest BCUT2D eigenvalue weighted by molar-refractivity contribution is -0.128. The van der Waals surface area contributed by atoms with E-state index >= 15 is 0 Å². The molecule has 86 valence electrons. The number of nitrogens with one attached hydrogen (secondary N) is 2. The van der Waals surface area contributed by atoms with Crippen LogP contribution >= 0.6 is 0 Å². The van der Waals surface area contributed by atoms with E-state index in [2.05, 4.69) is 10.6 Å². The third-order valence-corrected chi connectivity index (χ3v) is 2.85. The molecule has 0 saturated carbocycles. The van der Waals surface area contributed by atoms with Gasteiger partial charge in [0, 0.05) is 19.0 Å². The van der Waals surface area contributed by atoms with Crippen LogP contribution in [-0.2, 0) is 9.59 Å². The van der Waals surface area contributed by atoms with Crippen molar-refractivity contribution in [2.75, 3.05) is 6.54 Å². The molecule has 2 amide bonds. The van der Waals surface area contributed by atoms with Crippen molar-refractivity contribution in [1.29, 1.82) is 0 Å².